The zero-order valence-corrected chi connectivity index (χ0v) is 12.7. The van der Waals surface area contributed by atoms with Gasteiger partial charge in [0, 0.05) is 11.8 Å². The summed E-state index contributed by atoms with van der Waals surface area (Å²) in [4.78, 5) is 8.93. The number of aromatic nitrogens is 3. The predicted octanol–water partition coefficient (Wildman–Crippen LogP) is 1.47. The molecule has 0 spiro atoms. The van der Waals surface area contributed by atoms with Gasteiger partial charge in [0.25, 0.3) is 0 Å². The Morgan fingerprint density at radius 2 is 1.95 bits per heavy atom. The average molecular weight is 300 g/mol. The van der Waals surface area contributed by atoms with E-state index in [9.17, 15) is 10.2 Å². The maximum Gasteiger partial charge on any atom is 0.152 e. The van der Waals surface area contributed by atoms with Crippen LogP contribution in [0.1, 0.15) is 19.7 Å². The fraction of sp³-hybridized carbons (Fsp3) is 0.375. The summed E-state index contributed by atoms with van der Waals surface area (Å²) in [7, 11) is 0. The van der Waals surface area contributed by atoms with Crippen molar-refractivity contribution in [3.8, 4) is 0 Å². The van der Waals surface area contributed by atoms with Crippen LogP contribution in [0.2, 0.25) is 0 Å². The molecule has 0 aliphatic carbocycles. The highest BCUT2D eigenvalue weighted by molar-refractivity contribution is 6.06. The highest BCUT2D eigenvalue weighted by Gasteiger charge is 2.21. The number of benzene rings is 1. The van der Waals surface area contributed by atoms with Gasteiger partial charge in [0.15, 0.2) is 5.82 Å². The smallest absolute Gasteiger partial charge is 0.152 e. The first-order valence-corrected chi connectivity index (χ1v) is 7.27. The number of aliphatic hydroxyl groups excluding tert-OH is 1. The van der Waals surface area contributed by atoms with E-state index in [0.29, 0.717) is 30.1 Å². The van der Waals surface area contributed by atoms with E-state index < -0.39 is 5.60 Å². The fourth-order valence-corrected chi connectivity index (χ4v) is 2.75. The van der Waals surface area contributed by atoms with Crippen LogP contribution in [0.4, 0.5) is 5.82 Å². The second kappa shape index (κ2) is 5.23. The number of pyridine rings is 1. The molecule has 0 radical (unpaired) electrons. The molecule has 22 heavy (non-hydrogen) atoms. The van der Waals surface area contributed by atoms with Gasteiger partial charge in [-0.25, -0.2) is 9.97 Å². The molecule has 0 aliphatic rings. The zero-order chi connectivity index (χ0) is 15.9. The Labute approximate surface area is 128 Å². The molecule has 0 saturated heterocycles. The molecule has 0 unspecified atom stereocenters. The standard InChI is InChI=1S/C16H20N4O2/c1-16(2,22)9-20-12(7-8-21)19-13-14(20)10-5-3-4-6-11(10)18-15(13)17/h3-6,21-22H,7-9H2,1-2H3,(H2,17,18). The van der Waals surface area contributed by atoms with Gasteiger partial charge in [-0.05, 0) is 19.9 Å². The number of anilines is 1. The average Bonchev–Trinajstić information content (AvgIpc) is 2.77. The van der Waals surface area contributed by atoms with Crippen molar-refractivity contribution in [3.05, 3.63) is 30.1 Å². The normalized spacial score (nSPS) is 12.4. The van der Waals surface area contributed by atoms with E-state index in [0.717, 1.165) is 16.4 Å². The number of hydrogen-bond donors (Lipinski definition) is 3. The Bertz CT molecular complexity index is 833. The van der Waals surface area contributed by atoms with E-state index in [2.05, 4.69) is 9.97 Å². The van der Waals surface area contributed by atoms with Gasteiger partial charge in [0.2, 0.25) is 0 Å². The monoisotopic (exact) mass is 300 g/mol. The third kappa shape index (κ3) is 2.51. The summed E-state index contributed by atoms with van der Waals surface area (Å²) in [6.45, 7) is 3.84. The van der Waals surface area contributed by atoms with Gasteiger partial charge in [-0.3, -0.25) is 0 Å². The van der Waals surface area contributed by atoms with Crippen molar-refractivity contribution >= 4 is 27.8 Å². The van der Waals surface area contributed by atoms with Crippen LogP contribution >= 0.6 is 0 Å². The Morgan fingerprint density at radius 1 is 1.23 bits per heavy atom. The second-order valence-corrected chi connectivity index (χ2v) is 6.11. The predicted molar refractivity (Wildman–Crippen MR) is 86.5 cm³/mol. The van der Waals surface area contributed by atoms with Crippen LogP contribution in [0.3, 0.4) is 0 Å². The molecule has 0 bridgehead atoms. The number of rotatable bonds is 4. The van der Waals surface area contributed by atoms with Crippen LogP contribution in [0.5, 0.6) is 0 Å². The third-order valence-electron chi connectivity index (χ3n) is 3.57. The molecule has 6 nitrogen and oxygen atoms in total. The molecule has 4 N–H and O–H groups in total. The molecule has 0 fully saturated rings. The number of hydrogen-bond acceptors (Lipinski definition) is 5. The van der Waals surface area contributed by atoms with Gasteiger partial charge in [-0.15, -0.1) is 0 Å². The van der Waals surface area contributed by atoms with Crippen LogP contribution in [-0.2, 0) is 13.0 Å². The van der Waals surface area contributed by atoms with Crippen molar-refractivity contribution in [1.82, 2.24) is 14.5 Å². The summed E-state index contributed by atoms with van der Waals surface area (Å²) >= 11 is 0. The molecular weight excluding hydrogens is 280 g/mol. The lowest BCUT2D eigenvalue weighted by Gasteiger charge is -2.20. The Kier molecular flexibility index (Phi) is 3.50. The number of nitrogen functional groups attached to an aromatic ring is 1. The molecule has 3 rings (SSSR count). The molecule has 1 aromatic carbocycles. The van der Waals surface area contributed by atoms with Crippen molar-refractivity contribution in [2.45, 2.75) is 32.4 Å². The van der Waals surface area contributed by atoms with Gasteiger partial charge >= 0.3 is 0 Å². The molecule has 2 heterocycles. The van der Waals surface area contributed by atoms with E-state index in [1.54, 1.807) is 13.8 Å². The maximum atomic E-state index is 10.2. The van der Waals surface area contributed by atoms with Crippen LogP contribution < -0.4 is 5.73 Å². The molecule has 0 saturated carbocycles. The first-order chi connectivity index (χ1) is 10.4. The quantitative estimate of drug-likeness (QED) is 0.678. The summed E-state index contributed by atoms with van der Waals surface area (Å²) in [5.74, 6) is 1.06. The van der Waals surface area contributed by atoms with Gasteiger partial charge in [-0.2, -0.15) is 0 Å². The first-order valence-electron chi connectivity index (χ1n) is 7.27. The molecule has 0 aliphatic heterocycles. The number of para-hydroxylation sites is 1. The minimum absolute atomic E-state index is 0.0134. The lowest BCUT2D eigenvalue weighted by atomic mass is 10.1. The topological polar surface area (TPSA) is 97.2 Å². The van der Waals surface area contributed by atoms with Gasteiger partial charge in [0.1, 0.15) is 11.3 Å². The summed E-state index contributed by atoms with van der Waals surface area (Å²) in [5.41, 5.74) is 7.41. The molecular formula is C16H20N4O2. The number of imidazole rings is 1. The molecule has 2 aromatic heterocycles. The van der Waals surface area contributed by atoms with Crippen LogP contribution in [0.25, 0.3) is 21.9 Å². The lowest BCUT2D eigenvalue weighted by molar-refractivity contribution is 0.0616. The molecule has 116 valence electrons. The number of fused-ring (bicyclic) bond motifs is 3. The van der Waals surface area contributed by atoms with Gasteiger partial charge in [0.05, 0.1) is 29.8 Å². The Morgan fingerprint density at radius 3 is 2.64 bits per heavy atom. The van der Waals surface area contributed by atoms with Crippen molar-refractivity contribution in [2.24, 2.45) is 0 Å². The lowest BCUT2D eigenvalue weighted by Crippen LogP contribution is -2.27. The van der Waals surface area contributed by atoms with Crippen molar-refractivity contribution in [2.75, 3.05) is 12.3 Å². The minimum Gasteiger partial charge on any atom is -0.396 e. The maximum absolute atomic E-state index is 10.2. The number of aliphatic hydroxyl groups is 2. The van der Waals surface area contributed by atoms with Crippen LogP contribution in [-0.4, -0.2) is 37.0 Å². The van der Waals surface area contributed by atoms with Crippen molar-refractivity contribution < 1.29 is 10.2 Å². The summed E-state index contributed by atoms with van der Waals surface area (Å²) in [6, 6.07) is 7.71. The van der Waals surface area contributed by atoms with Gasteiger partial charge in [-0.1, -0.05) is 18.2 Å². The highest BCUT2D eigenvalue weighted by Crippen LogP contribution is 2.29. The summed E-state index contributed by atoms with van der Waals surface area (Å²) in [6.07, 6.45) is 0.401. The van der Waals surface area contributed by atoms with Crippen molar-refractivity contribution in [1.29, 1.82) is 0 Å². The van der Waals surface area contributed by atoms with E-state index in [1.165, 1.54) is 0 Å². The van der Waals surface area contributed by atoms with Crippen molar-refractivity contribution in [3.63, 3.8) is 0 Å². The third-order valence-corrected chi connectivity index (χ3v) is 3.57. The van der Waals surface area contributed by atoms with E-state index in [1.807, 2.05) is 28.8 Å². The van der Waals surface area contributed by atoms with E-state index in [4.69, 9.17) is 5.73 Å². The largest absolute Gasteiger partial charge is 0.396 e. The van der Waals surface area contributed by atoms with Crippen LogP contribution in [0.15, 0.2) is 24.3 Å². The first kappa shape index (κ1) is 14.7. The molecule has 0 amide bonds. The highest BCUT2D eigenvalue weighted by atomic mass is 16.3. The SMILES string of the molecule is CC(C)(O)Cn1c(CCO)nc2c(N)nc3ccccc3c21. The van der Waals surface area contributed by atoms with E-state index >= 15 is 0 Å². The van der Waals surface area contributed by atoms with Crippen LogP contribution in [0, 0.1) is 0 Å². The molecule has 0 atom stereocenters. The molecule has 3 aromatic rings. The summed E-state index contributed by atoms with van der Waals surface area (Å²) in [5, 5.41) is 20.5. The Balaban J connectivity index is 2.39. The fourth-order valence-electron chi connectivity index (χ4n) is 2.75. The summed E-state index contributed by atoms with van der Waals surface area (Å²) < 4.78 is 1.94. The molecule has 6 heteroatoms. The minimum atomic E-state index is -0.906. The zero-order valence-electron chi connectivity index (χ0n) is 12.7. The number of nitrogens with zero attached hydrogens (tertiary/aromatic N) is 3. The number of nitrogens with two attached hydrogens (primary N) is 1. The van der Waals surface area contributed by atoms with E-state index in [-0.39, 0.29) is 6.61 Å². The Hall–Kier alpha value is -2.18. The van der Waals surface area contributed by atoms with Gasteiger partial charge < -0.3 is 20.5 Å². The second-order valence-electron chi connectivity index (χ2n) is 6.11.